The standard InChI is InChI=1S/C21H17BrN4O3/c1-2-28-15-9-12(8-14(22)19(15)27)16-13(10-23)20(24)29-21-17(16)18(25-26-21)11-6-4-3-5-7-11/h3-9,16,27H,2,24H2,1H3,(H,25,26). The fourth-order valence-electron chi connectivity index (χ4n) is 3.43. The Morgan fingerprint density at radius 3 is 2.79 bits per heavy atom. The van der Waals surface area contributed by atoms with Gasteiger partial charge in [-0.2, -0.15) is 5.26 Å². The largest absolute Gasteiger partial charge is 0.503 e. The van der Waals surface area contributed by atoms with Crippen LogP contribution in [0.2, 0.25) is 0 Å². The molecule has 1 aliphatic heterocycles. The van der Waals surface area contributed by atoms with E-state index in [4.69, 9.17) is 15.2 Å². The summed E-state index contributed by atoms with van der Waals surface area (Å²) in [6.07, 6.45) is 0. The number of halogens is 1. The maximum absolute atomic E-state index is 10.3. The summed E-state index contributed by atoms with van der Waals surface area (Å²) in [6, 6.07) is 15.2. The fraction of sp³-hybridized carbons (Fsp3) is 0.143. The van der Waals surface area contributed by atoms with Crippen LogP contribution in [0, 0.1) is 11.3 Å². The van der Waals surface area contributed by atoms with Gasteiger partial charge in [-0.15, -0.1) is 5.10 Å². The summed E-state index contributed by atoms with van der Waals surface area (Å²) in [5.74, 6) is 0.0685. The zero-order valence-corrected chi connectivity index (χ0v) is 17.0. The number of nitrogens with zero attached hydrogens (tertiary/aromatic N) is 2. The number of aromatic amines is 1. The fourth-order valence-corrected chi connectivity index (χ4v) is 3.89. The maximum atomic E-state index is 10.3. The minimum atomic E-state index is -0.547. The number of H-pyrrole nitrogens is 1. The van der Waals surface area contributed by atoms with E-state index < -0.39 is 5.92 Å². The van der Waals surface area contributed by atoms with Crippen LogP contribution in [0.25, 0.3) is 11.3 Å². The third kappa shape index (κ3) is 3.19. The van der Waals surface area contributed by atoms with Gasteiger partial charge in [-0.25, -0.2) is 0 Å². The molecule has 1 aromatic heterocycles. The molecule has 1 atom stereocenters. The van der Waals surface area contributed by atoms with Gasteiger partial charge in [0.15, 0.2) is 11.5 Å². The summed E-state index contributed by atoms with van der Waals surface area (Å²) in [6.45, 7) is 2.21. The van der Waals surface area contributed by atoms with Crippen molar-refractivity contribution in [1.82, 2.24) is 10.2 Å². The SMILES string of the molecule is CCOc1cc(C2C(C#N)=C(N)Oc3n[nH]c(-c4ccccc4)c32)cc(Br)c1O. The van der Waals surface area contributed by atoms with Crippen molar-refractivity contribution in [1.29, 1.82) is 5.26 Å². The molecule has 0 saturated carbocycles. The molecular weight excluding hydrogens is 436 g/mol. The van der Waals surface area contributed by atoms with Gasteiger partial charge in [-0.3, -0.25) is 5.10 Å². The molecule has 0 bridgehead atoms. The second kappa shape index (κ2) is 7.53. The van der Waals surface area contributed by atoms with Gasteiger partial charge in [0.25, 0.3) is 0 Å². The lowest BCUT2D eigenvalue weighted by Gasteiger charge is -2.25. The molecule has 7 nitrogen and oxygen atoms in total. The molecule has 2 heterocycles. The number of nitriles is 1. The van der Waals surface area contributed by atoms with Crippen molar-refractivity contribution in [2.24, 2.45) is 5.73 Å². The topological polar surface area (TPSA) is 117 Å². The molecule has 2 aromatic carbocycles. The molecule has 4 rings (SSSR count). The lowest BCUT2D eigenvalue weighted by Crippen LogP contribution is -2.21. The van der Waals surface area contributed by atoms with Crippen LogP contribution in [0.15, 0.2) is 58.4 Å². The van der Waals surface area contributed by atoms with E-state index in [1.54, 1.807) is 12.1 Å². The summed E-state index contributed by atoms with van der Waals surface area (Å²) < 4.78 is 11.6. The van der Waals surface area contributed by atoms with E-state index in [2.05, 4.69) is 32.2 Å². The van der Waals surface area contributed by atoms with Crippen molar-refractivity contribution < 1.29 is 14.6 Å². The second-order valence-corrected chi connectivity index (χ2v) is 7.25. The van der Waals surface area contributed by atoms with Crippen LogP contribution < -0.4 is 15.2 Å². The number of hydrogen-bond acceptors (Lipinski definition) is 6. The minimum absolute atomic E-state index is 0.00160. The highest BCUT2D eigenvalue weighted by molar-refractivity contribution is 9.10. The van der Waals surface area contributed by atoms with E-state index in [9.17, 15) is 10.4 Å². The van der Waals surface area contributed by atoms with Crippen molar-refractivity contribution in [3.05, 3.63) is 69.5 Å². The predicted octanol–water partition coefficient (Wildman–Crippen LogP) is 4.16. The van der Waals surface area contributed by atoms with Crippen LogP contribution in [0.3, 0.4) is 0 Å². The van der Waals surface area contributed by atoms with Gasteiger partial charge < -0.3 is 20.3 Å². The van der Waals surface area contributed by atoms with Crippen molar-refractivity contribution in [2.45, 2.75) is 12.8 Å². The van der Waals surface area contributed by atoms with Crippen LogP contribution in [0.4, 0.5) is 0 Å². The summed E-state index contributed by atoms with van der Waals surface area (Å²) in [5.41, 5.74) is 9.33. The molecule has 1 unspecified atom stereocenters. The Kier molecular flexibility index (Phi) is 4.91. The molecule has 3 aromatic rings. The van der Waals surface area contributed by atoms with Crippen molar-refractivity contribution >= 4 is 15.9 Å². The van der Waals surface area contributed by atoms with Crippen LogP contribution in [0.1, 0.15) is 24.0 Å². The van der Waals surface area contributed by atoms with Gasteiger partial charge in [0.2, 0.25) is 11.8 Å². The van der Waals surface area contributed by atoms with Crippen molar-refractivity contribution in [3.8, 4) is 34.7 Å². The zero-order chi connectivity index (χ0) is 20.5. The Hall–Kier alpha value is -3.44. The molecule has 0 fully saturated rings. The van der Waals surface area contributed by atoms with Crippen molar-refractivity contribution in [3.63, 3.8) is 0 Å². The summed E-state index contributed by atoms with van der Waals surface area (Å²) >= 11 is 3.37. The molecule has 0 amide bonds. The maximum Gasteiger partial charge on any atom is 0.244 e. The summed E-state index contributed by atoms with van der Waals surface area (Å²) in [5, 5.41) is 27.4. The number of phenolic OH excluding ortho intramolecular Hbond substituents is 1. The third-order valence-corrected chi connectivity index (χ3v) is 5.29. The molecule has 146 valence electrons. The quantitative estimate of drug-likeness (QED) is 0.546. The molecule has 4 N–H and O–H groups in total. The summed E-state index contributed by atoms with van der Waals surface area (Å²) in [7, 11) is 0. The molecule has 0 radical (unpaired) electrons. The molecular formula is C21H17BrN4O3. The number of ether oxygens (including phenoxy) is 2. The Balaban J connectivity index is 1.96. The first-order valence-corrected chi connectivity index (χ1v) is 9.70. The zero-order valence-electron chi connectivity index (χ0n) is 15.4. The van der Waals surface area contributed by atoms with E-state index in [1.807, 2.05) is 37.3 Å². The molecule has 0 aliphatic carbocycles. The van der Waals surface area contributed by atoms with Crippen LogP contribution in [-0.4, -0.2) is 21.9 Å². The number of aromatic hydroxyl groups is 1. The minimum Gasteiger partial charge on any atom is -0.503 e. The van der Waals surface area contributed by atoms with Gasteiger partial charge in [0.05, 0.1) is 28.3 Å². The predicted molar refractivity (Wildman–Crippen MR) is 110 cm³/mol. The number of allylic oxidation sites excluding steroid dienone is 1. The van der Waals surface area contributed by atoms with Gasteiger partial charge >= 0.3 is 0 Å². The first-order valence-electron chi connectivity index (χ1n) is 8.91. The molecule has 8 heteroatoms. The first-order chi connectivity index (χ1) is 14.0. The average molecular weight is 453 g/mol. The number of hydrogen-bond donors (Lipinski definition) is 3. The van der Waals surface area contributed by atoms with Crippen LogP contribution in [0.5, 0.6) is 17.4 Å². The van der Waals surface area contributed by atoms with E-state index in [1.165, 1.54) is 0 Å². The van der Waals surface area contributed by atoms with E-state index >= 15 is 0 Å². The van der Waals surface area contributed by atoms with Crippen molar-refractivity contribution in [2.75, 3.05) is 6.61 Å². The number of benzene rings is 2. The smallest absolute Gasteiger partial charge is 0.244 e. The Morgan fingerprint density at radius 1 is 1.34 bits per heavy atom. The molecule has 0 saturated heterocycles. The van der Waals surface area contributed by atoms with Crippen LogP contribution in [-0.2, 0) is 0 Å². The van der Waals surface area contributed by atoms with E-state index in [0.717, 1.165) is 11.3 Å². The first kappa shape index (κ1) is 18.9. The Labute approximate surface area is 175 Å². The number of rotatable bonds is 4. The monoisotopic (exact) mass is 452 g/mol. The number of phenols is 1. The van der Waals surface area contributed by atoms with Gasteiger partial charge in [0, 0.05) is 0 Å². The number of fused-ring (bicyclic) bond motifs is 1. The number of aromatic nitrogens is 2. The highest BCUT2D eigenvalue weighted by atomic mass is 79.9. The van der Waals surface area contributed by atoms with Gasteiger partial charge in [-0.05, 0) is 46.1 Å². The highest BCUT2D eigenvalue weighted by Crippen LogP contribution is 2.48. The Morgan fingerprint density at radius 2 is 2.10 bits per heavy atom. The lowest BCUT2D eigenvalue weighted by molar-refractivity contribution is 0.316. The lowest BCUT2D eigenvalue weighted by atomic mass is 9.83. The van der Waals surface area contributed by atoms with Gasteiger partial charge in [0.1, 0.15) is 11.6 Å². The summed E-state index contributed by atoms with van der Waals surface area (Å²) in [4.78, 5) is 0. The van der Waals surface area contributed by atoms with E-state index in [0.29, 0.717) is 33.8 Å². The van der Waals surface area contributed by atoms with Gasteiger partial charge in [-0.1, -0.05) is 30.3 Å². The Bertz CT molecular complexity index is 1150. The molecule has 29 heavy (non-hydrogen) atoms. The third-order valence-electron chi connectivity index (χ3n) is 4.69. The van der Waals surface area contributed by atoms with Crippen LogP contribution >= 0.6 is 15.9 Å². The molecule has 0 spiro atoms. The van der Waals surface area contributed by atoms with E-state index in [-0.39, 0.29) is 17.2 Å². The second-order valence-electron chi connectivity index (χ2n) is 6.39. The normalized spacial score (nSPS) is 15.4. The average Bonchev–Trinajstić information content (AvgIpc) is 3.14. The number of nitrogens with two attached hydrogens (primary N) is 1. The highest BCUT2D eigenvalue weighted by Gasteiger charge is 2.36. The number of nitrogens with one attached hydrogen (secondary N) is 1. The molecule has 1 aliphatic rings.